The molecule has 2 rings (SSSR count). The van der Waals surface area contributed by atoms with E-state index in [1.54, 1.807) is 0 Å². The van der Waals surface area contributed by atoms with E-state index < -0.39 is 0 Å². The Morgan fingerprint density at radius 2 is 1.61 bits per heavy atom. The lowest BCUT2D eigenvalue weighted by Gasteiger charge is -1.97. The number of pyridine rings is 1. The molecule has 0 amide bonds. The highest BCUT2D eigenvalue weighted by molar-refractivity contribution is 5.85. The van der Waals surface area contributed by atoms with Gasteiger partial charge in [-0.1, -0.05) is 24.3 Å². The van der Waals surface area contributed by atoms with Gasteiger partial charge in [-0.2, -0.15) is 0 Å². The molecule has 1 aromatic heterocycles. The van der Waals surface area contributed by atoms with E-state index in [0.29, 0.717) is 5.56 Å². The number of rotatable bonds is 3. The van der Waals surface area contributed by atoms with Gasteiger partial charge in [-0.3, -0.25) is 4.79 Å². The van der Waals surface area contributed by atoms with Crippen LogP contribution in [0.25, 0.3) is 12.2 Å². The minimum Gasteiger partial charge on any atom is -0.298 e. The van der Waals surface area contributed by atoms with Gasteiger partial charge in [-0.05, 0) is 17.7 Å². The van der Waals surface area contributed by atoms with Gasteiger partial charge < -0.3 is 0 Å². The zero-order valence-corrected chi connectivity index (χ0v) is 10.9. The number of hydrogen-bond donors (Lipinski definition) is 0. The van der Waals surface area contributed by atoms with E-state index in [4.69, 9.17) is 0 Å². The van der Waals surface area contributed by atoms with Crippen molar-refractivity contribution >= 4 is 30.8 Å². The molecule has 0 bridgehead atoms. The predicted molar refractivity (Wildman–Crippen MR) is 75.6 cm³/mol. The van der Waals surface area contributed by atoms with Gasteiger partial charge in [0.15, 0.2) is 12.5 Å². The third kappa shape index (κ3) is 3.28. The van der Waals surface area contributed by atoms with Crippen molar-refractivity contribution in [3.05, 3.63) is 65.5 Å². The maximum absolute atomic E-state index is 10.9. The number of carbonyl (C=O) groups excluding carboxylic acids is 1. The van der Waals surface area contributed by atoms with Crippen LogP contribution >= 0.6 is 12.4 Å². The Morgan fingerprint density at radius 1 is 0.944 bits per heavy atom. The molecule has 18 heavy (non-hydrogen) atoms. The topological polar surface area (TPSA) is 20.9 Å². The number of benzene rings is 1. The van der Waals surface area contributed by atoms with Crippen LogP contribution in [0.4, 0.5) is 0 Å². The van der Waals surface area contributed by atoms with E-state index in [2.05, 4.69) is 0 Å². The number of nitrogens with zero attached hydrogens (tertiary/aromatic N) is 1. The molecule has 0 spiro atoms. The fourth-order valence-corrected chi connectivity index (χ4v) is 1.65. The van der Waals surface area contributed by atoms with E-state index in [0.717, 1.165) is 17.5 Å². The molecule has 0 atom stereocenters. The highest BCUT2D eigenvalue weighted by Gasteiger charge is 2.00. The quantitative estimate of drug-likeness (QED) is 0.614. The monoisotopic (exact) mass is 260 g/mol. The number of aryl methyl sites for hydroxylation is 1. The van der Waals surface area contributed by atoms with E-state index in [-0.39, 0.29) is 12.4 Å². The van der Waals surface area contributed by atoms with Crippen molar-refractivity contribution in [1.82, 2.24) is 0 Å². The second-order valence-electron chi connectivity index (χ2n) is 3.82. The average molecular weight is 261 g/mol. The summed E-state index contributed by atoms with van der Waals surface area (Å²) in [4.78, 5) is 10.9. The summed E-state index contributed by atoms with van der Waals surface area (Å²) in [5.74, 6) is 0. The van der Waals surface area contributed by atoms with Gasteiger partial charge in [0.05, 0.1) is 0 Å². The maximum Gasteiger partial charge on any atom is 0.204 e. The van der Waals surface area contributed by atoms with Crippen molar-refractivity contribution in [2.75, 3.05) is 0 Å². The van der Waals surface area contributed by atoms with Gasteiger partial charge in [0.1, 0.15) is 7.05 Å². The van der Waals surface area contributed by atoms with E-state index in [9.17, 15) is 4.79 Å². The lowest BCUT2D eigenvalue weighted by atomic mass is 10.1. The van der Waals surface area contributed by atoms with Crippen molar-refractivity contribution in [3.63, 3.8) is 0 Å². The molecule has 0 saturated heterocycles. The summed E-state index contributed by atoms with van der Waals surface area (Å²) < 4.78 is 2.03. The zero-order chi connectivity index (χ0) is 12.1. The Kier molecular flexibility index (Phi) is 5.28. The number of halogens is 1. The highest BCUT2D eigenvalue weighted by atomic mass is 35.5. The van der Waals surface area contributed by atoms with Crippen LogP contribution in [-0.4, -0.2) is 6.29 Å². The Morgan fingerprint density at radius 3 is 2.28 bits per heavy atom. The summed E-state index contributed by atoms with van der Waals surface area (Å²) in [5.41, 5.74) is 2.74. The minimum absolute atomic E-state index is 0. The lowest BCUT2D eigenvalue weighted by Crippen LogP contribution is -2.30. The number of carbonyl (C=O) groups is 1. The number of aldehydes is 1. The van der Waals surface area contributed by atoms with Crippen LogP contribution in [0.3, 0.4) is 0 Å². The van der Waals surface area contributed by atoms with Crippen LogP contribution in [0.2, 0.25) is 0 Å². The van der Waals surface area contributed by atoms with Gasteiger partial charge in [-0.25, -0.2) is 4.57 Å². The first kappa shape index (κ1) is 14.1. The molecule has 2 aromatic rings. The van der Waals surface area contributed by atoms with Crippen molar-refractivity contribution in [2.24, 2.45) is 7.05 Å². The Bertz CT molecular complexity index is 564. The van der Waals surface area contributed by atoms with Crippen LogP contribution in [0.1, 0.15) is 21.6 Å². The summed E-state index contributed by atoms with van der Waals surface area (Å²) in [6, 6.07) is 13.5. The fourth-order valence-electron chi connectivity index (χ4n) is 1.65. The molecule has 1 heterocycles. The summed E-state index contributed by atoms with van der Waals surface area (Å²) >= 11 is 0. The van der Waals surface area contributed by atoms with Gasteiger partial charge in [0.2, 0.25) is 5.69 Å². The second-order valence-corrected chi connectivity index (χ2v) is 3.82. The first-order valence-electron chi connectivity index (χ1n) is 5.48. The molecule has 0 fully saturated rings. The summed E-state index contributed by atoms with van der Waals surface area (Å²) in [6.07, 6.45) is 6.83. The van der Waals surface area contributed by atoms with E-state index in [1.807, 2.05) is 72.4 Å². The van der Waals surface area contributed by atoms with Crippen LogP contribution < -0.4 is 4.57 Å². The Hall–Kier alpha value is -1.93. The van der Waals surface area contributed by atoms with Crippen LogP contribution in [-0.2, 0) is 7.05 Å². The summed E-state index contributed by atoms with van der Waals surface area (Å²) in [6.45, 7) is 0. The molecule has 0 radical (unpaired) electrons. The van der Waals surface area contributed by atoms with E-state index >= 15 is 0 Å². The summed E-state index contributed by atoms with van der Waals surface area (Å²) in [5, 5.41) is 0. The molecule has 0 aliphatic heterocycles. The third-order valence-electron chi connectivity index (χ3n) is 2.65. The Balaban J connectivity index is 0.00000162. The number of hydrogen-bond acceptors (Lipinski definition) is 1. The van der Waals surface area contributed by atoms with Gasteiger partial charge >= 0.3 is 0 Å². The third-order valence-corrected chi connectivity index (χ3v) is 2.65. The lowest BCUT2D eigenvalue weighted by molar-refractivity contribution is -0.673. The molecule has 1 aromatic carbocycles. The second kappa shape index (κ2) is 6.72. The zero-order valence-electron chi connectivity index (χ0n) is 10.1. The van der Waals surface area contributed by atoms with Crippen molar-refractivity contribution in [3.8, 4) is 0 Å². The van der Waals surface area contributed by atoms with Gasteiger partial charge in [0, 0.05) is 23.8 Å². The molecule has 92 valence electrons. The molecular weight excluding hydrogens is 246 g/mol. The van der Waals surface area contributed by atoms with Crippen molar-refractivity contribution in [2.45, 2.75) is 0 Å². The predicted octanol–water partition coefficient (Wildman–Crippen LogP) is 2.92. The summed E-state index contributed by atoms with van der Waals surface area (Å²) in [7, 11) is 1.99. The Labute approximate surface area is 113 Å². The SMILES string of the molecule is C[n+]1ccccc1/C=C/c1ccccc1C=O.Cl. The normalized spacial score (nSPS) is 10.1. The van der Waals surface area contributed by atoms with Gasteiger partial charge in [-0.15, -0.1) is 12.4 Å². The van der Waals surface area contributed by atoms with Crippen LogP contribution in [0, 0.1) is 0 Å². The molecular formula is C15H15ClNO+. The smallest absolute Gasteiger partial charge is 0.204 e. The van der Waals surface area contributed by atoms with Gasteiger partial charge in [0.25, 0.3) is 0 Å². The molecule has 2 nitrogen and oxygen atoms in total. The standard InChI is InChI=1S/C15H14NO.ClH/c1-16-11-5-4-8-15(16)10-9-13-6-2-3-7-14(13)12-17;/h2-12H,1H3;1H/q+1;/b10-9+;. The van der Waals surface area contributed by atoms with E-state index in [1.165, 1.54) is 0 Å². The number of aromatic nitrogens is 1. The van der Waals surface area contributed by atoms with Crippen molar-refractivity contribution in [1.29, 1.82) is 0 Å². The maximum atomic E-state index is 10.9. The molecule has 0 aliphatic carbocycles. The first-order valence-corrected chi connectivity index (χ1v) is 5.48. The molecule has 0 N–H and O–H groups in total. The highest BCUT2D eigenvalue weighted by Crippen LogP contribution is 2.10. The minimum atomic E-state index is 0. The largest absolute Gasteiger partial charge is 0.298 e. The fraction of sp³-hybridized carbons (Fsp3) is 0.0667. The van der Waals surface area contributed by atoms with Crippen LogP contribution in [0.5, 0.6) is 0 Å². The molecule has 0 saturated carbocycles. The molecule has 0 unspecified atom stereocenters. The first-order chi connectivity index (χ1) is 8.31. The van der Waals surface area contributed by atoms with Crippen LogP contribution in [0.15, 0.2) is 48.7 Å². The molecule has 0 aliphatic rings. The average Bonchev–Trinajstić information content (AvgIpc) is 2.38. The molecule has 3 heteroatoms. The van der Waals surface area contributed by atoms with Crippen molar-refractivity contribution < 1.29 is 9.36 Å².